The van der Waals surface area contributed by atoms with E-state index in [0.717, 1.165) is 6.54 Å². The lowest BCUT2D eigenvalue weighted by Gasteiger charge is -1.91. The number of rotatable bonds is 3. The summed E-state index contributed by atoms with van der Waals surface area (Å²) in [5.41, 5.74) is 0. The summed E-state index contributed by atoms with van der Waals surface area (Å²) in [4.78, 5) is 0. The quantitative estimate of drug-likeness (QED) is 0.415. The van der Waals surface area contributed by atoms with Crippen LogP contribution in [-0.4, -0.2) is 0 Å². The van der Waals surface area contributed by atoms with Crippen LogP contribution in [0.5, 0.6) is 0 Å². The van der Waals surface area contributed by atoms with Gasteiger partial charge in [0.05, 0.1) is 0 Å². The third kappa shape index (κ3) is 9.85. The van der Waals surface area contributed by atoms with Gasteiger partial charge in [0, 0.05) is 18.6 Å². The van der Waals surface area contributed by atoms with Gasteiger partial charge in [-0.3, -0.25) is 0 Å². The zero-order chi connectivity index (χ0) is 10.8. The van der Waals surface area contributed by atoms with E-state index in [4.69, 9.17) is 10.3 Å². The third-order valence-corrected chi connectivity index (χ3v) is 1.55. The molecular formula is C9H14INO3. The smallest absolute Gasteiger partial charge is 0.282 e. The van der Waals surface area contributed by atoms with Crippen LogP contribution < -0.4 is 35.9 Å². The van der Waals surface area contributed by atoms with Crippen molar-refractivity contribution in [2.24, 2.45) is 0 Å². The van der Waals surface area contributed by atoms with Crippen molar-refractivity contribution >= 4 is 0 Å². The Morgan fingerprint density at radius 3 is 2.00 bits per heavy atom. The van der Waals surface area contributed by atoms with Crippen molar-refractivity contribution < 1.29 is 35.9 Å². The van der Waals surface area contributed by atoms with Gasteiger partial charge in [-0.25, -0.2) is 4.57 Å². The van der Waals surface area contributed by atoms with Crippen LogP contribution in [0.1, 0.15) is 19.8 Å². The second-order valence-corrected chi connectivity index (χ2v) is 3.73. The molecule has 14 heavy (non-hydrogen) atoms. The van der Waals surface area contributed by atoms with Crippen molar-refractivity contribution in [3.63, 3.8) is 0 Å². The van der Waals surface area contributed by atoms with E-state index in [1.54, 1.807) is 0 Å². The minimum atomic E-state index is -4.01. The first-order valence-electron chi connectivity index (χ1n) is 4.34. The molecule has 0 saturated heterocycles. The molecule has 0 aromatic carbocycles. The van der Waals surface area contributed by atoms with Crippen molar-refractivity contribution in [2.75, 3.05) is 0 Å². The lowest BCUT2D eigenvalue weighted by molar-refractivity contribution is -1.73. The fraction of sp³-hybridized carbons (Fsp3) is 0.444. The van der Waals surface area contributed by atoms with Gasteiger partial charge in [0.15, 0.2) is 12.4 Å². The highest BCUT2D eigenvalue weighted by atomic mass is 127. The average Bonchev–Trinajstić information content (AvgIpc) is 2.15. The van der Waals surface area contributed by atoms with Gasteiger partial charge in [0.2, 0.25) is 0 Å². The summed E-state index contributed by atoms with van der Waals surface area (Å²) in [6, 6.07) is 6.17. The lowest BCUT2D eigenvalue weighted by Crippen LogP contribution is -4.05. The Kier molecular flexibility index (Phi) is 9.16. The van der Waals surface area contributed by atoms with Gasteiger partial charge in [0.25, 0.3) is 21.1 Å². The molecule has 0 spiro atoms. The molecular weight excluding hydrogens is 297 g/mol. The van der Waals surface area contributed by atoms with Crippen LogP contribution in [0.4, 0.5) is 0 Å². The molecule has 1 rings (SSSR count). The van der Waals surface area contributed by atoms with Crippen molar-refractivity contribution in [3.8, 4) is 0 Å². The van der Waals surface area contributed by atoms with Crippen LogP contribution >= 0.6 is 0 Å². The minimum Gasteiger partial charge on any atom is -0.427 e. The SMILES string of the molecule is CCCC[n+]1ccccc1.[O-][I+2]([O-])[O-]. The van der Waals surface area contributed by atoms with Crippen molar-refractivity contribution in [1.29, 1.82) is 0 Å². The van der Waals surface area contributed by atoms with Crippen molar-refractivity contribution in [1.82, 2.24) is 0 Å². The molecule has 0 unspecified atom stereocenters. The molecule has 1 aromatic heterocycles. The summed E-state index contributed by atoms with van der Waals surface area (Å²) in [6.07, 6.45) is 6.75. The molecule has 5 heteroatoms. The molecule has 0 fully saturated rings. The molecule has 4 nitrogen and oxygen atoms in total. The molecule has 80 valence electrons. The zero-order valence-electron chi connectivity index (χ0n) is 8.06. The topological polar surface area (TPSA) is 73.1 Å². The summed E-state index contributed by atoms with van der Waals surface area (Å²) in [7, 11) is 0. The first-order chi connectivity index (χ1) is 6.66. The minimum absolute atomic E-state index is 1.15. The zero-order valence-corrected chi connectivity index (χ0v) is 10.2. The van der Waals surface area contributed by atoms with Gasteiger partial charge in [-0.15, -0.1) is 0 Å². The van der Waals surface area contributed by atoms with E-state index in [1.165, 1.54) is 12.8 Å². The van der Waals surface area contributed by atoms with Gasteiger partial charge in [-0.1, -0.05) is 19.4 Å². The first-order valence-corrected chi connectivity index (χ1v) is 6.98. The molecule has 1 heterocycles. The molecule has 0 bridgehead atoms. The Balaban J connectivity index is 0.000000364. The highest BCUT2D eigenvalue weighted by Gasteiger charge is 1.93. The average molecular weight is 311 g/mol. The highest BCUT2D eigenvalue weighted by Crippen LogP contribution is 1.85. The van der Waals surface area contributed by atoms with Gasteiger partial charge < -0.3 is 10.3 Å². The van der Waals surface area contributed by atoms with E-state index in [0.29, 0.717) is 0 Å². The van der Waals surface area contributed by atoms with Gasteiger partial charge in [0.1, 0.15) is 6.54 Å². The lowest BCUT2D eigenvalue weighted by atomic mass is 10.3. The Morgan fingerprint density at radius 1 is 1.07 bits per heavy atom. The highest BCUT2D eigenvalue weighted by molar-refractivity contribution is 4.83. The number of halogens is 1. The van der Waals surface area contributed by atoms with Crippen LogP contribution in [0.3, 0.4) is 0 Å². The molecule has 0 saturated carbocycles. The second kappa shape index (κ2) is 9.32. The predicted molar refractivity (Wildman–Crippen MR) is 41.5 cm³/mol. The standard InChI is InChI=1S/C9H14N.IO3/c1-2-3-7-10-8-5-4-6-9-10;2-1(3)4/h4-6,8-9H,2-3,7H2,1H3;/q+1;-1. The van der Waals surface area contributed by atoms with Crippen LogP contribution in [0, 0.1) is 0 Å². The monoisotopic (exact) mass is 311 g/mol. The molecule has 0 amide bonds. The number of hydrogen-bond donors (Lipinski definition) is 0. The van der Waals surface area contributed by atoms with Gasteiger partial charge in [-0.05, 0) is 0 Å². The van der Waals surface area contributed by atoms with Crippen molar-refractivity contribution in [3.05, 3.63) is 30.6 Å². The first kappa shape index (κ1) is 13.8. The maximum Gasteiger partial charge on any atom is 0.282 e. The van der Waals surface area contributed by atoms with Crippen molar-refractivity contribution in [2.45, 2.75) is 26.3 Å². The fourth-order valence-electron chi connectivity index (χ4n) is 0.924. The molecule has 1 aromatic rings. The molecule has 0 radical (unpaired) electrons. The summed E-state index contributed by atoms with van der Waals surface area (Å²) in [6.45, 7) is 3.36. The molecule has 0 aliphatic carbocycles. The van der Waals surface area contributed by atoms with E-state index < -0.39 is 21.1 Å². The van der Waals surface area contributed by atoms with Crippen LogP contribution in [0.2, 0.25) is 0 Å². The van der Waals surface area contributed by atoms with Crippen LogP contribution in [0.15, 0.2) is 30.6 Å². The van der Waals surface area contributed by atoms with E-state index in [9.17, 15) is 0 Å². The van der Waals surface area contributed by atoms with Crippen LogP contribution in [0.25, 0.3) is 0 Å². The Labute approximate surface area is 92.9 Å². The van der Waals surface area contributed by atoms with Gasteiger partial charge in [-0.2, -0.15) is 0 Å². The fourth-order valence-corrected chi connectivity index (χ4v) is 0.924. The van der Waals surface area contributed by atoms with E-state index in [-0.39, 0.29) is 0 Å². The Morgan fingerprint density at radius 2 is 1.57 bits per heavy atom. The number of aryl methyl sites for hydroxylation is 1. The summed E-state index contributed by atoms with van der Waals surface area (Å²) in [5.74, 6) is 0. The predicted octanol–water partition coefficient (Wildman–Crippen LogP) is -4.79. The normalized spacial score (nSPS) is 9.50. The maximum absolute atomic E-state index is 8.57. The third-order valence-electron chi connectivity index (χ3n) is 1.55. The maximum atomic E-state index is 8.57. The van der Waals surface area contributed by atoms with E-state index in [1.807, 2.05) is 6.07 Å². The Bertz CT molecular complexity index is 216. The number of hydrogen-bond acceptors (Lipinski definition) is 3. The summed E-state index contributed by atoms with van der Waals surface area (Å²) in [5, 5.41) is 0. The molecule has 0 N–H and O–H groups in total. The number of nitrogens with zero attached hydrogens (tertiary/aromatic N) is 1. The number of pyridine rings is 1. The summed E-state index contributed by atoms with van der Waals surface area (Å²) >= 11 is -4.01. The Hall–Kier alpha value is -0.240. The largest absolute Gasteiger partial charge is 0.427 e. The number of aromatic nitrogens is 1. The summed E-state index contributed by atoms with van der Waals surface area (Å²) < 4.78 is 27.9. The molecule has 0 aliphatic heterocycles. The molecule has 0 atom stereocenters. The molecule has 0 aliphatic rings. The second-order valence-electron chi connectivity index (χ2n) is 2.66. The van der Waals surface area contributed by atoms with E-state index >= 15 is 0 Å². The number of unbranched alkanes of at least 4 members (excludes halogenated alkanes) is 1. The van der Waals surface area contributed by atoms with Crippen LogP contribution in [-0.2, 0) is 6.54 Å². The van der Waals surface area contributed by atoms with E-state index in [2.05, 4.69) is 36.0 Å². The van der Waals surface area contributed by atoms with Gasteiger partial charge >= 0.3 is 0 Å².